The zero-order valence-electron chi connectivity index (χ0n) is 10.8. The summed E-state index contributed by atoms with van der Waals surface area (Å²) in [5.74, 6) is -0.0450. The van der Waals surface area contributed by atoms with E-state index in [9.17, 15) is 9.59 Å². The van der Waals surface area contributed by atoms with Gasteiger partial charge in [0.15, 0.2) is 6.04 Å². The van der Waals surface area contributed by atoms with Crippen LogP contribution < -0.4 is 22.1 Å². The molecule has 0 aromatic carbocycles. The quantitative estimate of drug-likeness (QED) is 0.341. The van der Waals surface area contributed by atoms with Gasteiger partial charge < -0.3 is 22.1 Å². The highest BCUT2D eigenvalue weighted by Crippen LogP contribution is 1.95. The van der Waals surface area contributed by atoms with Crippen LogP contribution in [0, 0.1) is 0 Å². The molecule has 0 radical (unpaired) electrons. The number of hydrogen-bond donors (Lipinski definition) is 4. The van der Waals surface area contributed by atoms with E-state index in [-0.39, 0.29) is 17.9 Å². The van der Waals surface area contributed by atoms with E-state index < -0.39 is 0 Å². The van der Waals surface area contributed by atoms with Gasteiger partial charge in [0.2, 0.25) is 5.91 Å². The number of unbranched alkanes of at least 4 members (excludes halogenated alkanes) is 1. The number of rotatable bonds is 9. The standard InChI is InChI=1S/C11H24N4O2/c1-9(16)14-7-4-8-15-11(17)10(13)5-2-3-6-12/h10H,2-8,12-13H2,1H3,(H,14,16)(H,15,17)/p+2. The van der Waals surface area contributed by atoms with Crippen molar-refractivity contribution < 1.29 is 21.1 Å². The van der Waals surface area contributed by atoms with Crippen LogP contribution in [0.25, 0.3) is 0 Å². The monoisotopic (exact) mass is 246 g/mol. The van der Waals surface area contributed by atoms with E-state index in [2.05, 4.69) is 22.1 Å². The fourth-order valence-corrected chi connectivity index (χ4v) is 1.41. The van der Waals surface area contributed by atoms with Gasteiger partial charge in [-0.25, -0.2) is 0 Å². The molecule has 8 N–H and O–H groups in total. The van der Waals surface area contributed by atoms with Crippen molar-refractivity contribution in [3.63, 3.8) is 0 Å². The van der Waals surface area contributed by atoms with Crippen LogP contribution in [0.15, 0.2) is 0 Å². The van der Waals surface area contributed by atoms with Gasteiger partial charge in [0, 0.05) is 26.4 Å². The lowest BCUT2D eigenvalue weighted by molar-refractivity contribution is -0.406. The van der Waals surface area contributed by atoms with Gasteiger partial charge in [-0.2, -0.15) is 0 Å². The minimum atomic E-state index is -0.178. The number of carbonyl (C=O) groups is 2. The highest BCUT2D eigenvalue weighted by Gasteiger charge is 2.15. The minimum Gasteiger partial charge on any atom is -0.358 e. The summed E-state index contributed by atoms with van der Waals surface area (Å²) in [7, 11) is 0. The molecule has 0 fully saturated rings. The van der Waals surface area contributed by atoms with Crippen molar-refractivity contribution in [2.45, 2.75) is 38.6 Å². The summed E-state index contributed by atoms with van der Waals surface area (Å²) in [6, 6.07) is -0.178. The summed E-state index contributed by atoms with van der Waals surface area (Å²) >= 11 is 0. The highest BCUT2D eigenvalue weighted by atomic mass is 16.2. The van der Waals surface area contributed by atoms with Gasteiger partial charge >= 0.3 is 0 Å². The molecule has 0 heterocycles. The zero-order valence-corrected chi connectivity index (χ0v) is 10.8. The Morgan fingerprint density at radius 2 is 1.76 bits per heavy atom. The summed E-state index contributed by atoms with van der Waals surface area (Å²) < 4.78 is 0. The molecule has 0 aromatic rings. The van der Waals surface area contributed by atoms with E-state index in [1.54, 1.807) is 0 Å². The van der Waals surface area contributed by atoms with Crippen LogP contribution in [-0.4, -0.2) is 37.5 Å². The third-order valence-electron chi connectivity index (χ3n) is 2.45. The first kappa shape index (κ1) is 15.9. The molecule has 1 atom stereocenters. The molecule has 17 heavy (non-hydrogen) atoms. The topological polar surface area (TPSA) is 113 Å². The molecule has 2 amide bonds. The summed E-state index contributed by atoms with van der Waals surface area (Å²) in [5.41, 5.74) is 7.59. The third kappa shape index (κ3) is 9.77. The second-order valence-electron chi connectivity index (χ2n) is 4.17. The molecule has 0 aliphatic rings. The number of nitrogens with one attached hydrogen (secondary N) is 2. The van der Waals surface area contributed by atoms with Crippen molar-refractivity contribution in [2.24, 2.45) is 0 Å². The van der Waals surface area contributed by atoms with E-state index in [4.69, 9.17) is 0 Å². The minimum absolute atomic E-state index is 0.00288. The second-order valence-corrected chi connectivity index (χ2v) is 4.17. The molecule has 0 bridgehead atoms. The van der Waals surface area contributed by atoms with Crippen LogP contribution in [0.2, 0.25) is 0 Å². The van der Waals surface area contributed by atoms with Gasteiger partial charge in [0.25, 0.3) is 5.91 Å². The molecule has 0 aliphatic heterocycles. The predicted octanol–water partition coefficient (Wildman–Crippen LogP) is -2.35. The maximum atomic E-state index is 11.6. The second kappa shape index (κ2) is 10.0. The average Bonchev–Trinajstić information content (AvgIpc) is 2.28. The first-order valence-corrected chi connectivity index (χ1v) is 6.22. The van der Waals surface area contributed by atoms with Crippen molar-refractivity contribution >= 4 is 11.8 Å². The number of carbonyl (C=O) groups excluding carboxylic acids is 2. The molecular weight excluding hydrogens is 220 g/mol. The van der Waals surface area contributed by atoms with Crippen molar-refractivity contribution in [3.05, 3.63) is 0 Å². The molecule has 0 spiro atoms. The van der Waals surface area contributed by atoms with Crippen LogP contribution in [-0.2, 0) is 9.59 Å². The Morgan fingerprint density at radius 3 is 2.35 bits per heavy atom. The number of amides is 2. The molecular formula is C11H26N4O2+2. The lowest BCUT2D eigenvalue weighted by atomic mass is 10.1. The summed E-state index contributed by atoms with van der Waals surface area (Å²) in [5, 5.41) is 5.49. The Bertz CT molecular complexity index is 234. The molecule has 6 nitrogen and oxygen atoms in total. The van der Waals surface area contributed by atoms with Crippen LogP contribution in [0.3, 0.4) is 0 Å². The Kier molecular flexibility index (Phi) is 9.37. The van der Waals surface area contributed by atoms with E-state index in [1.807, 2.05) is 0 Å². The zero-order chi connectivity index (χ0) is 13.1. The summed E-state index contributed by atoms with van der Waals surface area (Å²) in [6.45, 7) is 3.57. The molecule has 0 rings (SSSR count). The molecule has 0 aliphatic carbocycles. The van der Waals surface area contributed by atoms with Gasteiger partial charge in [-0.3, -0.25) is 9.59 Å². The Balaban J connectivity index is 3.47. The SMILES string of the molecule is CC(=O)NCCCNC(=O)C([NH3+])CCCC[NH3+]. The average molecular weight is 246 g/mol. The molecule has 1 unspecified atom stereocenters. The van der Waals surface area contributed by atoms with Crippen LogP contribution in [0.1, 0.15) is 32.6 Å². The van der Waals surface area contributed by atoms with Crippen molar-refractivity contribution in [3.8, 4) is 0 Å². The van der Waals surface area contributed by atoms with Crippen molar-refractivity contribution in [1.82, 2.24) is 10.6 Å². The van der Waals surface area contributed by atoms with Crippen LogP contribution >= 0.6 is 0 Å². The van der Waals surface area contributed by atoms with Crippen LogP contribution in [0.5, 0.6) is 0 Å². The molecule has 0 saturated heterocycles. The largest absolute Gasteiger partial charge is 0.358 e. The highest BCUT2D eigenvalue weighted by molar-refractivity contribution is 5.80. The maximum absolute atomic E-state index is 11.6. The lowest BCUT2D eigenvalue weighted by Gasteiger charge is -2.09. The molecule has 6 heteroatoms. The maximum Gasteiger partial charge on any atom is 0.278 e. The van der Waals surface area contributed by atoms with Gasteiger partial charge in [-0.15, -0.1) is 0 Å². The molecule has 0 aromatic heterocycles. The predicted molar refractivity (Wildman–Crippen MR) is 64.6 cm³/mol. The molecule has 0 saturated carbocycles. The molecule has 100 valence electrons. The van der Waals surface area contributed by atoms with Gasteiger partial charge in [-0.05, 0) is 19.3 Å². The number of quaternary nitrogens is 2. The first-order valence-electron chi connectivity index (χ1n) is 6.22. The normalized spacial score (nSPS) is 11.9. The van der Waals surface area contributed by atoms with E-state index in [0.29, 0.717) is 13.1 Å². The van der Waals surface area contributed by atoms with Crippen molar-refractivity contribution in [1.29, 1.82) is 0 Å². The Morgan fingerprint density at radius 1 is 1.12 bits per heavy atom. The third-order valence-corrected chi connectivity index (χ3v) is 2.45. The van der Waals surface area contributed by atoms with E-state index in [1.165, 1.54) is 6.92 Å². The number of hydrogen-bond acceptors (Lipinski definition) is 2. The summed E-state index contributed by atoms with van der Waals surface area (Å²) in [6.07, 6.45) is 3.60. The fraction of sp³-hybridized carbons (Fsp3) is 0.818. The van der Waals surface area contributed by atoms with E-state index >= 15 is 0 Å². The van der Waals surface area contributed by atoms with Gasteiger partial charge in [0.05, 0.1) is 6.54 Å². The fourth-order valence-electron chi connectivity index (χ4n) is 1.41. The summed E-state index contributed by atoms with van der Waals surface area (Å²) in [4.78, 5) is 22.1. The Hall–Kier alpha value is -1.14. The smallest absolute Gasteiger partial charge is 0.278 e. The van der Waals surface area contributed by atoms with E-state index in [0.717, 1.165) is 32.2 Å². The van der Waals surface area contributed by atoms with Gasteiger partial charge in [-0.1, -0.05) is 0 Å². The first-order chi connectivity index (χ1) is 8.07. The Labute approximate surface area is 102 Å². The van der Waals surface area contributed by atoms with Crippen molar-refractivity contribution in [2.75, 3.05) is 19.6 Å². The van der Waals surface area contributed by atoms with Gasteiger partial charge in [0.1, 0.15) is 0 Å². The lowest BCUT2D eigenvalue weighted by Crippen LogP contribution is -2.67. The van der Waals surface area contributed by atoms with Crippen LogP contribution in [0.4, 0.5) is 0 Å².